The number of benzene rings is 1. The number of phenols is 1. The smallest absolute Gasteiger partial charge is 0.257 e. The van der Waals surface area contributed by atoms with Crippen molar-refractivity contribution in [1.82, 2.24) is 4.90 Å². The Morgan fingerprint density at radius 3 is 2.81 bits per heavy atom. The van der Waals surface area contributed by atoms with E-state index in [1.807, 2.05) is 6.92 Å². The summed E-state index contributed by atoms with van der Waals surface area (Å²) in [6.07, 6.45) is 3.04. The van der Waals surface area contributed by atoms with Crippen molar-refractivity contribution in [2.75, 3.05) is 13.1 Å². The Morgan fingerprint density at radius 2 is 2.12 bits per heavy atom. The summed E-state index contributed by atoms with van der Waals surface area (Å²) in [7, 11) is 0. The van der Waals surface area contributed by atoms with E-state index in [4.69, 9.17) is 0 Å². The molecule has 0 saturated heterocycles. The van der Waals surface area contributed by atoms with Gasteiger partial charge in [-0.25, -0.2) is 0 Å². The fourth-order valence-electron chi connectivity index (χ4n) is 1.91. The number of carbonyl (C=O) groups is 1. The van der Waals surface area contributed by atoms with E-state index in [9.17, 15) is 9.90 Å². The summed E-state index contributed by atoms with van der Waals surface area (Å²) in [5, 5.41) is 9.62. The van der Waals surface area contributed by atoms with Crippen LogP contribution in [0.3, 0.4) is 0 Å². The van der Waals surface area contributed by atoms with Crippen molar-refractivity contribution in [2.24, 2.45) is 0 Å². The molecule has 0 unspecified atom stereocenters. The summed E-state index contributed by atoms with van der Waals surface area (Å²) in [6, 6.07) is 6.68. The monoisotopic (exact) mass is 217 g/mol. The van der Waals surface area contributed by atoms with E-state index in [1.165, 1.54) is 5.57 Å². The number of phenolic OH excluding ortho intramolecular Hbond substituents is 1. The van der Waals surface area contributed by atoms with Crippen LogP contribution in [0, 0.1) is 0 Å². The first-order valence-corrected chi connectivity index (χ1v) is 5.41. The molecule has 0 atom stereocenters. The Kier molecular flexibility index (Phi) is 2.95. The average Bonchev–Trinajstić information content (AvgIpc) is 2.29. The molecule has 0 fully saturated rings. The highest BCUT2D eigenvalue weighted by atomic mass is 16.3. The molecule has 0 aliphatic carbocycles. The van der Waals surface area contributed by atoms with Gasteiger partial charge in [-0.1, -0.05) is 23.8 Å². The first kappa shape index (κ1) is 10.7. The lowest BCUT2D eigenvalue weighted by molar-refractivity contribution is 0.0763. The first-order valence-electron chi connectivity index (χ1n) is 5.41. The van der Waals surface area contributed by atoms with Gasteiger partial charge in [0.05, 0.1) is 5.56 Å². The largest absolute Gasteiger partial charge is 0.507 e. The van der Waals surface area contributed by atoms with Crippen molar-refractivity contribution in [1.29, 1.82) is 0 Å². The highest BCUT2D eigenvalue weighted by Crippen LogP contribution is 2.20. The van der Waals surface area contributed by atoms with Gasteiger partial charge in [-0.2, -0.15) is 0 Å². The van der Waals surface area contributed by atoms with Crippen molar-refractivity contribution in [3.05, 3.63) is 41.5 Å². The quantitative estimate of drug-likeness (QED) is 0.732. The number of hydrogen-bond donors (Lipinski definition) is 1. The molecule has 16 heavy (non-hydrogen) atoms. The zero-order valence-corrected chi connectivity index (χ0v) is 9.31. The zero-order chi connectivity index (χ0) is 11.5. The molecular formula is C13H15NO2. The summed E-state index contributed by atoms with van der Waals surface area (Å²) in [6.45, 7) is 3.40. The maximum Gasteiger partial charge on any atom is 0.257 e. The zero-order valence-electron chi connectivity index (χ0n) is 9.31. The number of hydrogen-bond acceptors (Lipinski definition) is 2. The van der Waals surface area contributed by atoms with Gasteiger partial charge in [0, 0.05) is 13.1 Å². The highest BCUT2D eigenvalue weighted by molar-refractivity contribution is 5.97. The Labute approximate surface area is 95.0 Å². The minimum Gasteiger partial charge on any atom is -0.507 e. The molecule has 0 radical (unpaired) electrons. The van der Waals surface area contributed by atoms with Gasteiger partial charge in [0.15, 0.2) is 0 Å². The van der Waals surface area contributed by atoms with Crippen LogP contribution in [0.25, 0.3) is 0 Å². The molecule has 1 N–H and O–H groups in total. The third kappa shape index (κ3) is 2.08. The van der Waals surface area contributed by atoms with Crippen LogP contribution in [0.1, 0.15) is 23.7 Å². The molecule has 3 heteroatoms. The SMILES string of the molecule is CC1=CCCN(C(=O)c2ccccc2O)C1. The Morgan fingerprint density at radius 1 is 1.38 bits per heavy atom. The number of amides is 1. The molecule has 1 amide bonds. The topological polar surface area (TPSA) is 40.5 Å². The molecule has 1 aliphatic heterocycles. The predicted octanol–water partition coefficient (Wildman–Crippen LogP) is 2.18. The summed E-state index contributed by atoms with van der Waals surface area (Å²) >= 11 is 0. The fourth-order valence-corrected chi connectivity index (χ4v) is 1.91. The molecule has 1 heterocycles. The Bertz CT molecular complexity index is 437. The summed E-state index contributed by atoms with van der Waals surface area (Å²) in [4.78, 5) is 13.9. The summed E-state index contributed by atoms with van der Waals surface area (Å²) in [5.41, 5.74) is 1.59. The standard InChI is InChI=1S/C13H15NO2/c1-10-5-4-8-14(9-10)13(16)11-6-2-3-7-12(11)15/h2-3,5-7,15H,4,8-9H2,1H3. The number of carbonyl (C=O) groups excluding carboxylic acids is 1. The van der Waals surface area contributed by atoms with Crippen LogP contribution in [-0.4, -0.2) is 29.0 Å². The van der Waals surface area contributed by atoms with Crippen molar-refractivity contribution < 1.29 is 9.90 Å². The summed E-state index contributed by atoms with van der Waals surface area (Å²) in [5.74, 6) is -0.0368. The molecule has 0 spiro atoms. The predicted molar refractivity (Wildman–Crippen MR) is 62.4 cm³/mol. The second-order valence-corrected chi connectivity index (χ2v) is 4.08. The molecule has 0 bridgehead atoms. The molecule has 0 saturated carbocycles. The molecule has 1 aliphatic rings. The second-order valence-electron chi connectivity index (χ2n) is 4.08. The van der Waals surface area contributed by atoms with Gasteiger partial charge < -0.3 is 10.0 Å². The van der Waals surface area contributed by atoms with Gasteiger partial charge in [0.25, 0.3) is 5.91 Å². The van der Waals surface area contributed by atoms with E-state index < -0.39 is 0 Å². The van der Waals surface area contributed by atoms with E-state index in [2.05, 4.69) is 6.08 Å². The molecule has 1 aromatic rings. The van der Waals surface area contributed by atoms with Gasteiger partial charge in [0.2, 0.25) is 0 Å². The Hall–Kier alpha value is -1.77. The van der Waals surface area contributed by atoms with E-state index in [-0.39, 0.29) is 11.7 Å². The fraction of sp³-hybridized carbons (Fsp3) is 0.308. The highest BCUT2D eigenvalue weighted by Gasteiger charge is 2.20. The number of nitrogens with zero attached hydrogens (tertiary/aromatic N) is 1. The van der Waals surface area contributed by atoms with E-state index >= 15 is 0 Å². The van der Waals surface area contributed by atoms with Gasteiger partial charge in [0.1, 0.15) is 5.75 Å². The Balaban J connectivity index is 2.20. The van der Waals surface area contributed by atoms with Crippen molar-refractivity contribution in [2.45, 2.75) is 13.3 Å². The number of aromatic hydroxyl groups is 1. The minimum absolute atomic E-state index is 0.0553. The molecule has 0 aromatic heterocycles. The van der Waals surface area contributed by atoms with Crippen LogP contribution in [0.15, 0.2) is 35.9 Å². The van der Waals surface area contributed by atoms with Crippen molar-refractivity contribution >= 4 is 5.91 Å². The van der Waals surface area contributed by atoms with Gasteiger partial charge in [-0.05, 0) is 25.5 Å². The molecular weight excluding hydrogens is 202 g/mol. The lowest BCUT2D eigenvalue weighted by Gasteiger charge is -2.26. The van der Waals surface area contributed by atoms with Crippen LogP contribution in [0.5, 0.6) is 5.75 Å². The lowest BCUT2D eigenvalue weighted by Crippen LogP contribution is -2.35. The average molecular weight is 217 g/mol. The normalized spacial score (nSPS) is 15.8. The van der Waals surface area contributed by atoms with Gasteiger partial charge in [-0.3, -0.25) is 4.79 Å². The van der Waals surface area contributed by atoms with Crippen molar-refractivity contribution in [3.8, 4) is 5.75 Å². The van der Waals surface area contributed by atoms with Crippen LogP contribution in [0.2, 0.25) is 0 Å². The number of rotatable bonds is 1. The van der Waals surface area contributed by atoms with E-state index in [0.717, 1.165) is 13.0 Å². The molecule has 84 valence electrons. The third-order valence-corrected chi connectivity index (χ3v) is 2.75. The maximum atomic E-state index is 12.1. The van der Waals surface area contributed by atoms with Crippen LogP contribution >= 0.6 is 0 Å². The molecule has 1 aromatic carbocycles. The lowest BCUT2D eigenvalue weighted by atomic mass is 10.1. The van der Waals surface area contributed by atoms with Gasteiger partial charge in [-0.15, -0.1) is 0 Å². The van der Waals surface area contributed by atoms with E-state index in [0.29, 0.717) is 12.1 Å². The minimum atomic E-state index is -0.0921. The van der Waals surface area contributed by atoms with Crippen LogP contribution in [0.4, 0.5) is 0 Å². The molecule has 3 nitrogen and oxygen atoms in total. The van der Waals surface area contributed by atoms with Gasteiger partial charge >= 0.3 is 0 Å². The van der Waals surface area contributed by atoms with Crippen molar-refractivity contribution in [3.63, 3.8) is 0 Å². The van der Waals surface area contributed by atoms with Crippen LogP contribution < -0.4 is 0 Å². The maximum absolute atomic E-state index is 12.1. The molecule has 2 rings (SSSR count). The first-order chi connectivity index (χ1) is 7.68. The summed E-state index contributed by atoms with van der Waals surface area (Å²) < 4.78 is 0. The van der Waals surface area contributed by atoms with E-state index in [1.54, 1.807) is 29.2 Å². The number of para-hydroxylation sites is 1. The third-order valence-electron chi connectivity index (χ3n) is 2.75. The van der Waals surface area contributed by atoms with Crippen LogP contribution in [-0.2, 0) is 0 Å². The second kappa shape index (κ2) is 4.39.